The SMILES string of the molecule is Nc1c(Cl)cc(NC(=O)C2COc3ccccc3C2)cc1Cl. The number of halogens is 2. The van der Waals surface area contributed by atoms with E-state index in [2.05, 4.69) is 5.32 Å². The standard InChI is InChI=1S/C16H14Cl2N2O2/c17-12-6-11(7-13(18)15(12)19)20-16(21)10-5-9-3-1-2-4-14(9)22-8-10/h1-4,6-7,10H,5,8,19H2,(H,20,21). The Bertz CT molecular complexity index is 711. The van der Waals surface area contributed by atoms with Crippen molar-refractivity contribution in [2.24, 2.45) is 5.92 Å². The fourth-order valence-electron chi connectivity index (χ4n) is 2.40. The summed E-state index contributed by atoms with van der Waals surface area (Å²) >= 11 is 11.9. The third-order valence-electron chi connectivity index (χ3n) is 3.60. The lowest BCUT2D eigenvalue weighted by Crippen LogP contribution is -2.32. The molecule has 1 heterocycles. The molecule has 3 rings (SSSR count). The maximum absolute atomic E-state index is 12.4. The Balaban J connectivity index is 1.73. The lowest BCUT2D eigenvalue weighted by molar-refractivity contribution is -0.121. The van der Waals surface area contributed by atoms with Crippen molar-refractivity contribution in [3.05, 3.63) is 52.0 Å². The van der Waals surface area contributed by atoms with E-state index in [1.165, 1.54) is 0 Å². The van der Waals surface area contributed by atoms with Crippen LogP contribution in [0.25, 0.3) is 0 Å². The third kappa shape index (κ3) is 2.98. The molecule has 0 spiro atoms. The Hall–Kier alpha value is -1.91. The first-order valence-electron chi connectivity index (χ1n) is 6.80. The molecule has 4 nitrogen and oxygen atoms in total. The zero-order valence-electron chi connectivity index (χ0n) is 11.6. The number of para-hydroxylation sites is 1. The van der Waals surface area contributed by atoms with Crippen LogP contribution >= 0.6 is 23.2 Å². The van der Waals surface area contributed by atoms with Crippen LogP contribution in [0.15, 0.2) is 36.4 Å². The van der Waals surface area contributed by atoms with Gasteiger partial charge in [0.05, 0.1) is 21.7 Å². The molecule has 3 N–H and O–H groups in total. The molecule has 1 atom stereocenters. The van der Waals surface area contributed by atoms with Gasteiger partial charge in [-0.2, -0.15) is 0 Å². The quantitative estimate of drug-likeness (QED) is 0.820. The van der Waals surface area contributed by atoms with E-state index >= 15 is 0 Å². The Morgan fingerprint density at radius 2 is 1.91 bits per heavy atom. The summed E-state index contributed by atoms with van der Waals surface area (Å²) in [5, 5.41) is 3.43. The van der Waals surface area contributed by atoms with Gasteiger partial charge in [0.2, 0.25) is 5.91 Å². The number of benzene rings is 2. The van der Waals surface area contributed by atoms with Crippen molar-refractivity contribution < 1.29 is 9.53 Å². The average molecular weight is 337 g/mol. The fourth-order valence-corrected chi connectivity index (χ4v) is 2.88. The molecule has 6 heteroatoms. The second-order valence-corrected chi connectivity index (χ2v) is 5.98. The lowest BCUT2D eigenvalue weighted by Gasteiger charge is -2.24. The Labute approximate surface area is 138 Å². The predicted molar refractivity (Wildman–Crippen MR) is 88.6 cm³/mol. The molecule has 0 fully saturated rings. The molecule has 0 aromatic heterocycles. The van der Waals surface area contributed by atoms with E-state index in [0.717, 1.165) is 11.3 Å². The number of nitrogen functional groups attached to an aromatic ring is 1. The van der Waals surface area contributed by atoms with E-state index in [1.807, 2.05) is 24.3 Å². The first-order valence-corrected chi connectivity index (χ1v) is 7.56. The summed E-state index contributed by atoms with van der Waals surface area (Å²) in [6.45, 7) is 0.347. The highest BCUT2D eigenvalue weighted by Crippen LogP contribution is 2.32. The minimum atomic E-state index is -0.259. The van der Waals surface area contributed by atoms with Crippen molar-refractivity contribution in [1.29, 1.82) is 0 Å². The highest BCUT2D eigenvalue weighted by atomic mass is 35.5. The van der Waals surface area contributed by atoms with Crippen LogP contribution in [0.2, 0.25) is 10.0 Å². The zero-order chi connectivity index (χ0) is 15.7. The summed E-state index contributed by atoms with van der Waals surface area (Å²) in [5.74, 6) is 0.446. The Kier molecular flexibility index (Phi) is 4.14. The lowest BCUT2D eigenvalue weighted by atomic mass is 9.96. The van der Waals surface area contributed by atoms with E-state index in [1.54, 1.807) is 12.1 Å². The van der Waals surface area contributed by atoms with Crippen LogP contribution in [0.1, 0.15) is 5.56 Å². The molecule has 22 heavy (non-hydrogen) atoms. The van der Waals surface area contributed by atoms with Gasteiger partial charge in [-0.15, -0.1) is 0 Å². The van der Waals surface area contributed by atoms with Crippen molar-refractivity contribution in [1.82, 2.24) is 0 Å². The number of ether oxygens (including phenoxy) is 1. The number of carbonyl (C=O) groups is 1. The number of rotatable bonds is 2. The van der Waals surface area contributed by atoms with Crippen molar-refractivity contribution in [3.63, 3.8) is 0 Å². The predicted octanol–water partition coefficient (Wildman–Crippen LogP) is 3.77. The van der Waals surface area contributed by atoms with E-state index < -0.39 is 0 Å². The number of nitrogens with two attached hydrogens (primary N) is 1. The van der Waals surface area contributed by atoms with Gasteiger partial charge in [0, 0.05) is 5.69 Å². The van der Waals surface area contributed by atoms with Gasteiger partial charge in [0.25, 0.3) is 0 Å². The van der Waals surface area contributed by atoms with Crippen LogP contribution in [0, 0.1) is 5.92 Å². The largest absolute Gasteiger partial charge is 0.492 e. The van der Waals surface area contributed by atoms with Gasteiger partial charge in [-0.25, -0.2) is 0 Å². The summed E-state index contributed by atoms with van der Waals surface area (Å²) < 4.78 is 5.63. The minimum Gasteiger partial charge on any atom is -0.492 e. The summed E-state index contributed by atoms with van der Waals surface area (Å²) in [6, 6.07) is 10.9. The van der Waals surface area contributed by atoms with Crippen LogP contribution in [0.3, 0.4) is 0 Å². The highest BCUT2D eigenvalue weighted by Gasteiger charge is 2.26. The molecule has 0 bridgehead atoms. The topological polar surface area (TPSA) is 64.3 Å². The first kappa shape index (κ1) is 15.0. The third-order valence-corrected chi connectivity index (χ3v) is 4.22. The number of carbonyl (C=O) groups excluding carboxylic acids is 1. The molecular weight excluding hydrogens is 323 g/mol. The Morgan fingerprint density at radius 1 is 1.23 bits per heavy atom. The van der Waals surface area contributed by atoms with Gasteiger partial charge in [-0.1, -0.05) is 41.4 Å². The van der Waals surface area contributed by atoms with E-state index in [9.17, 15) is 4.79 Å². The molecule has 1 amide bonds. The van der Waals surface area contributed by atoms with E-state index in [4.69, 9.17) is 33.7 Å². The minimum absolute atomic E-state index is 0.133. The van der Waals surface area contributed by atoms with Gasteiger partial charge in [-0.05, 0) is 30.2 Å². The maximum atomic E-state index is 12.4. The van der Waals surface area contributed by atoms with E-state index in [-0.39, 0.29) is 11.8 Å². The summed E-state index contributed by atoms with van der Waals surface area (Å²) in [6.07, 6.45) is 0.637. The molecule has 0 saturated carbocycles. The molecule has 0 saturated heterocycles. The van der Waals surface area contributed by atoms with Gasteiger partial charge in [0.1, 0.15) is 12.4 Å². The summed E-state index contributed by atoms with van der Waals surface area (Å²) in [4.78, 5) is 12.4. The molecule has 114 valence electrons. The average Bonchev–Trinajstić information content (AvgIpc) is 2.52. The monoisotopic (exact) mass is 336 g/mol. The van der Waals surface area contributed by atoms with Crippen molar-refractivity contribution in [2.45, 2.75) is 6.42 Å². The highest BCUT2D eigenvalue weighted by molar-refractivity contribution is 6.39. The maximum Gasteiger partial charge on any atom is 0.231 e. The number of nitrogens with one attached hydrogen (secondary N) is 1. The van der Waals surface area contributed by atoms with Crippen LogP contribution in [0.4, 0.5) is 11.4 Å². The molecule has 0 aliphatic carbocycles. The summed E-state index contributed by atoms with van der Waals surface area (Å²) in [7, 11) is 0. The van der Waals surface area contributed by atoms with Crippen molar-refractivity contribution in [2.75, 3.05) is 17.7 Å². The molecule has 1 aliphatic heterocycles. The van der Waals surface area contributed by atoms with Crippen molar-refractivity contribution >= 4 is 40.5 Å². The number of hydrogen-bond acceptors (Lipinski definition) is 3. The van der Waals surface area contributed by atoms with Crippen LogP contribution in [-0.4, -0.2) is 12.5 Å². The van der Waals surface area contributed by atoms with Crippen molar-refractivity contribution in [3.8, 4) is 5.75 Å². The van der Waals surface area contributed by atoms with Crippen LogP contribution in [-0.2, 0) is 11.2 Å². The smallest absolute Gasteiger partial charge is 0.231 e. The van der Waals surface area contributed by atoms with Crippen LogP contribution < -0.4 is 15.8 Å². The van der Waals surface area contributed by atoms with Gasteiger partial charge in [0.15, 0.2) is 0 Å². The molecule has 2 aromatic carbocycles. The Morgan fingerprint density at radius 3 is 2.64 bits per heavy atom. The first-order chi connectivity index (χ1) is 10.5. The second-order valence-electron chi connectivity index (χ2n) is 5.16. The second kappa shape index (κ2) is 6.07. The molecule has 0 radical (unpaired) electrons. The normalized spacial score (nSPS) is 16.5. The molecule has 1 aliphatic rings. The van der Waals surface area contributed by atoms with Crippen LogP contribution in [0.5, 0.6) is 5.75 Å². The number of fused-ring (bicyclic) bond motifs is 1. The molecular formula is C16H14Cl2N2O2. The van der Waals surface area contributed by atoms with Gasteiger partial charge < -0.3 is 15.8 Å². The van der Waals surface area contributed by atoms with Gasteiger partial charge >= 0.3 is 0 Å². The van der Waals surface area contributed by atoms with Gasteiger partial charge in [-0.3, -0.25) is 4.79 Å². The number of hydrogen-bond donors (Lipinski definition) is 2. The number of anilines is 2. The number of amides is 1. The molecule has 2 aromatic rings. The zero-order valence-corrected chi connectivity index (χ0v) is 13.1. The summed E-state index contributed by atoms with van der Waals surface area (Å²) in [5.41, 5.74) is 7.53. The van der Waals surface area contributed by atoms with E-state index in [0.29, 0.717) is 34.4 Å². The fraction of sp³-hybridized carbons (Fsp3) is 0.188. The molecule has 1 unspecified atom stereocenters.